The topological polar surface area (TPSA) is 58.6 Å². The van der Waals surface area contributed by atoms with Crippen molar-refractivity contribution < 1.29 is 19.0 Å². The summed E-state index contributed by atoms with van der Waals surface area (Å²) in [5, 5.41) is 15.0. The molecule has 0 fully saturated rings. The zero-order valence-electron chi connectivity index (χ0n) is 17.1. The zero-order chi connectivity index (χ0) is 22.5. The van der Waals surface area contributed by atoms with E-state index in [4.69, 9.17) is 21.4 Å². The fourth-order valence-electron chi connectivity index (χ4n) is 3.52. The largest absolute Gasteiger partial charge is 0.488 e. The molecule has 4 aromatic rings. The van der Waals surface area contributed by atoms with Crippen molar-refractivity contribution in [2.45, 2.75) is 19.7 Å². The Morgan fingerprint density at radius 2 is 1.75 bits per heavy atom. The van der Waals surface area contributed by atoms with Gasteiger partial charge in [-0.3, -0.25) is 0 Å². The van der Waals surface area contributed by atoms with Gasteiger partial charge in [-0.15, -0.1) is 0 Å². The monoisotopic (exact) mass is 449 g/mol. The third kappa shape index (κ3) is 5.07. The third-order valence-corrected chi connectivity index (χ3v) is 5.58. The maximum absolute atomic E-state index is 13.3. The number of fused-ring (bicyclic) bond motifs is 1. The summed E-state index contributed by atoms with van der Waals surface area (Å²) in [6, 6.07) is 23.1. The first-order valence-electron chi connectivity index (χ1n) is 10.1. The van der Waals surface area contributed by atoms with Gasteiger partial charge in [0.25, 0.3) is 0 Å². The van der Waals surface area contributed by atoms with Crippen molar-refractivity contribution >= 4 is 28.3 Å². The van der Waals surface area contributed by atoms with Crippen LogP contribution >= 0.6 is 11.6 Å². The number of carbonyl (C=O) groups is 1. The van der Waals surface area contributed by atoms with Gasteiger partial charge in [-0.05, 0) is 46.7 Å². The summed E-state index contributed by atoms with van der Waals surface area (Å²) in [7, 11) is 0. The van der Waals surface area contributed by atoms with Crippen LogP contribution in [0.1, 0.15) is 27.0 Å². The average molecular weight is 450 g/mol. The van der Waals surface area contributed by atoms with Gasteiger partial charge in [0.1, 0.15) is 18.2 Å². The highest BCUT2D eigenvalue weighted by Crippen LogP contribution is 2.29. The molecule has 0 heterocycles. The summed E-state index contributed by atoms with van der Waals surface area (Å²) in [6.07, 6.45) is 0. The fourth-order valence-corrected chi connectivity index (χ4v) is 3.75. The van der Waals surface area contributed by atoms with Crippen LogP contribution in [0, 0.1) is 5.82 Å². The molecule has 4 aromatic carbocycles. The van der Waals surface area contributed by atoms with E-state index < -0.39 is 5.97 Å². The first-order valence-corrected chi connectivity index (χ1v) is 10.5. The van der Waals surface area contributed by atoms with Crippen molar-refractivity contribution in [1.29, 1.82) is 0 Å². The standard InChI is InChI=1S/C26H21ClFNO3/c27-24-13-21(28)11-9-20(24)16-32-25-12-10-18-3-1-2-4-22(18)23(25)15-29-14-17-5-7-19(8-6-17)26(30)31/h1-13,29H,14-16H2,(H,30,31). The van der Waals surface area contributed by atoms with E-state index in [9.17, 15) is 9.18 Å². The number of hydrogen-bond acceptors (Lipinski definition) is 3. The molecule has 32 heavy (non-hydrogen) atoms. The number of ether oxygens (including phenoxy) is 1. The normalized spacial score (nSPS) is 10.9. The first kappa shape index (κ1) is 21.8. The summed E-state index contributed by atoms with van der Waals surface area (Å²) in [6.45, 7) is 1.35. The van der Waals surface area contributed by atoms with Gasteiger partial charge in [0.05, 0.1) is 10.6 Å². The molecule has 0 amide bonds. The van der Waals surface area contributed by atoms with E-state index in [2.05, 4.69) is 5.32 Å². The first-order chi connectivity index (χ1) is 15.5. The molecular weight excluding hydrogens is 429 g/mol. The summed E-state index contributed by atoms with van der Waals surface area (Å²) in [4.78, 5) is 11.0. The molecule has 0 saturated heterocycles. The molecule has 0 atom stereocenters. The Kier molecular flexibility index (Phi) is 6.69. The minimum absolute atomic E-state index is 0.223. The van der Waals surface area contributed by atoms with Crippen molar-refractivity contribution in [3.63, 3.8) is 0 Å². The maximum Gasteiger partial charge on any atom is 0.335 e. The van der Waals surface area contributed by atoms with Crippen molar-refractivity contribution in [3.05, 3.63) is 112 Å². The molecule has 0 bridgehead atoms. The number of benzene rings is 4. The number of halogens is 2. The van der Waals surface area contributed by atoms with E-state index in [1.165, 1.54) is 12.1 Å². The van der Waals surface area contributed by atoms with Crippen LogP contribution in [0.2, 0.25) is 5.02 Å². The smallest absolute Gasteiger partial charge is 0.335 e. The minimum atomic E-state index is -0.941. The van der Waals surface area contributed by atoms with E-state index in [1.54, 1.807) is 30.3 Å². The van der Waals surface area contributed by atoms with Crippen LogP contribution in [0.3, 0.4) is 0 Å². The Labute approximate surface area is 190 Å². The number of aromatic carboxylic acids is 1. The lowest BCUT2D eigenvalue weighted by Gasteiger charge is -2.16. The summed E-state index contributed by atoms with van der Waals surface area (Å²) >= 11 is 6.14. The van der Waals surface area contributed by atoms with Crippen molar-refractivity contribution in [1.82, 2.24) is 5.32 Å². The van der Waals surface area contributed by atoms with E-state index >= 15 is 0 Å². The molecular formula is C26H21ClFNO3. The van der Waals surface area contributed by atoms with Crippen molar-refractivity contribution in [2.75, 3.05) is 0 Å². The van der Waals surface area contributed by atoms with E-state index in [-0.39, 0.29) is 18.0 Å². The number of rotatable bonds is 8. The maximum atomic E-state index is 13.3. The Morgan fingerprint density at radius 1 is 0.969 bits per heavy atom. The average Bonchev–Trinajstić information content (AvgIpc) is 2.79. The highest BCUT2D eigenvalue weighted by Gasteiger charge is 2.11. The van der Waals surface area contributed by atoms with Gasteiger partial charge in [-0.25, -0.2) is 9.18 Å². The van der Waals surface area contributed by atoms with Crippen LogP contribution < -0.4 is 10.1 Å². The van der Waals surface area contributed by atoms with Gasteiger partial charge in [-0.1, -0.05) is 60.1 Å². The lowest BCUT2D eigenvalue weighted by Crippen LogP contribution is -2.14. The Morgan fingerprint density at radius 3 is 2.50 bits per heavy atom. The van der Waals surface area contributed by atoms with Crippen LogP contribution in [0.15, 0.2) is 78.9 Å². The predicted molar refractivity (Wildman–Crippen MR) is 124 cm³/mol. The summed E-state index contributed by atoms with van der Waals surface area (Å²) < 4.78 is 19.4. The molecule has 0 aliphatic carbocycles. The molecule has 0 unspecified atom stereocenters. The van der Waals surface area contributed by atoms with Crippen LogP contribution in [-0.2, 0) is 19.7 Å². The van der Waals surface area contributed by atoms with Gasteiger partial charge in [0.2, 0.25) is 0 Å². The molecule has 4 nitrogen and oxygen atoms in total. The second kappa shape index (κ2) is 9.81. The van der Waals surface area contributed by atoms with Crippen LogP contribution in [0.5, 0.6) is 5.75 Å². The van der Waals surface area contributed by atoms with Crippen LogP contribution in [0.4, 0.5) is 4.39 Å². The third-order valence-electron chi connectivity index (χ3n) is 5.23. The molecule has 0 aliphatic heterocycles. The number of carboxylic acid groups (broad SMARTS) is 1. The molecule has 2 N–H and O–H groups in total. The SMILES string of the molecule is O=C(O)c1ccc(CNCc2c(OCc3ccc(F)cc3Cl)ccc3ccccc23)cc1. The van der Waals surface area contributed by atoms with Gasteiger partial charge in [0.15, 0.2) is 0 Å². The summed E-state index contributed by atoms with van der Waals surface area (Å²) in [5.41, 5.74) is 2.95. The number of nitrogens with one attached hydrogen (secondary N) is 1. The van der Waals surface area contributed by atoms with E-state index in [0.717, 1.165) is 27.6 Å². The Bertz CT molecular complexity index is 1260. The highest BCUT2D eigenvalue weighted by atomic mass is 35.5. The number of hydrogen-bond donors (Lipinski definition) is 2. The van der Waals surface area contributed by atoms with Gasteiger partial charge < -0.3 is 15.2 Å². The van der Waals surface area contributed by atoms with Gasteiger partial charge in [0, 0.05) is 24.2 Å². The molecule has 162 valence electrons. The van der Waals surface area contributed by atoms with Gasteiger partial charge >= 0.3 is 5.97 Å². The highest BCUT2D eigenvalue weighted by molar-refractivity contribution is 6.31. The van der Waals surface area contributed by atoms with E-state index in [0.29, 0.717) is 23.7 Å². The second-order valence-corrected chi connectivity index (χ2v) is 7.80. The minimum Gasteiger partial charge on any atom is -0.488 e. The van der Waals surface area contributed by atoms with Crippen molar-refractivity contribution in [3.8, 4) is 5.75 Å². The lowest BCUT2D eigenvalue weighted by atomic mass is 10.0. The second-order valence-electron chi connectivity index (χ2n) is 7.39. The molecule has 0 aromatic heterocycles. The Balaban J connectivity index is 1.52. The Hall–Kier alpha value is -3.41. The molecule has 0 saturated carbocycles. The molecule has 4 rings (SSSR count). The molecule has 6 heteroatoms. The number of carboxylic acids is 1. The quantitative estimate of drug-likeness (QED) is 0.336. The van der Waals surface area contributed by atoms with Crippen molar-refractivity contribution in [2.24, 2.45) is 0 Å². The lowest BCUT2D eigenvalue weighted by molar-refractivity contribution is 0.0697. The van der Waals surface area contributed by atoms with Crippen LogP contribution in [0.25, 0.3) is 10.8 Å². The fraction of sp³-hybridized carbons (Fsp3) is 0.115. The molecule has 0 spiro atoms. The molecule has 0 aliphatic rings. The molecule has 0 radical (unpaired) electrons. The van der Waals surface area contributed by atoms with E-state index in [1.807, 2.05) is 36.4 Å². The summed E-state index contributed by atoms with van der Waals surface area (Å²) in [5.74, 6) is -0.605. The predicted octanol–water partition coefficient (Wildman–Crippen LogP) is 6.20. The van der Waals surface area contributed by atoms with Crippen LogP contribution in [-0.4, -0.2) is 11.1 Å². The zero-order valence-corrected chi connectivity index (χ0v) is 17.9. The van der Waals surface area contributed by atoms with Gasteiger partial charge in [-0.2, -0.15) is 0 Å².